The number of hydrogen-bond donors (Lipinski definition) is 1. The molecule has 0 bridgehead atoms. The Morgan fingerprint density at radius 1 is 0.882 bits per heavy atom. The normalized spacial score (nSPS) is 16.8. The first-order valence-corrected chi connectivity index (χ1v) is 7.74. The third kappa shape index (κ3) is 9.64. The van der Waals surface area contributed by atoms with Crippen molar-refractivity contribution < 1.29 is 5.11 Å². The number of aliphatic hydroxyl groups excluding tert-OH is 1. The van der Waals surface area contributed by atoms with Crippen LogP contribution in [-0.2, 0) is 0 Å². The number of unbranched alkanes of at least 4 members (excludes halogenated alkanes) is 1. The molecule has 0 amide bonds. The van der Waals surface area contributed by atoms with E-state index in [4.69, 9.17) is 5.11 Å². The molecule has 0 aromatic carbocycles. The number of rotatable bonds is 11. The molecule has 0 aromatic rings. The van der Waals surface area contributed by atoms with E-state index in [9.17, 15) is 0 Å². The quantitative estimate of drug-likeness (QED) is 0.539. The molecule has 0 fully saturated rings. The second-order valence-electron chi connectivity index (χ2n) is 5.96. The van der Waals surface area contributed by atoms with Crippen LogP contribution in [0.15, 0.2) is 0 Å². The molecule has 3 unspecified atom stereocenters. The van der Waals surface area contributed by atoms with Crippen LogP contribution in [-0.4, -0.2) is 11.7 Å². The third-order valence-corrected chi connectivity index (χ3v) is 3.94. The van der Waals surface area contributed by atoms with Crippen molar-refractivity contribution in [1.82, 2.24) is 0 Å². The van der Waals surface area contributed by atoms with Crippen LogP contribution in [0.4, 0.5) is 0 Å². The highest BCUT2D eigenvalue weighted by atomic mass is 16.2. The van der Waals surface area contributed by atoms with Gasteiger partial charge in [-0.1, -0.05) is 53.4 Å². The van der Waals surface area contributed by atoms with Crippen LogP contribution in [0.2, 0.25) is 0 Å². The predicted molar refractivity (Wildman–Crippen MR) is 77.2 cm³/mol. The lowest BCUT2D eigenvalue weighted by atomic mass is 9.84. The largest absolute Gasteiger partial charge is 0.396 e. The van der Waals surface area contributed by atoms with E-state index in [1.807, 2.05) is 0 Å². The maximum Gasteiger partial charge on any atom is 0.0431 e. The topological polar surface area (TPSA) is 20.2 Å². The molecule has 1 nitrogen and oxygen atoms in total. The van der Waals surface area contributed by atoms with Gasteiger partial charge in [0.05, 0.1) is 0 Å². The Hall–Kier alpha value is -0.0400. The Kier molecular flexibility index (Phi) is 11.0. The summed E-state index contributed by atoms with van der Waals surface area (Å²) in [4.78, 5) is 0. The maximum absolute atomic E-state index is 8.83. The molecule has 104 valence electrons. The predicted octanol–water partition coefficient (Wildman–Crippen LogP) is 5.03. The molecule has 0 aliphatic rings. The molecule has 0 aromatic heterocycles. The zero-order valence-corrected chi connectivity index (χ0v) is 12.5. The average molecular weight is 242 g/mol. The maximum atomic E-state index is 8.83. The van der Waals surface area contributed by atoms with Gasteiger partial charge in [-0.05, 0) is 43.4 Å². The van der Waals surface area contributed by atoms with Gasteiger partial charge in [0, 0.05) is 6.61 Å². The first-order valence-electron chi connectivity index (χ1n) is 7.74. The highest BCUT2D eigenvalue weighted by molar-refractivity contribution is 4.66. The summed E-state index contributed by atoms with van der Waals surface area (Å²) >= 11 is 0. The first-order chi connectivity index (χ1) is 8.13. The highest BCUT2D eigenvalue weighted by Crippen LogP contribution is 2.26. The zero-order valence-electron chi connectivity index (χ0n) is 12.5. The number of hydrogen-bond acceptors (Lipinski definition) is 1. The molecule has 0 rings (SSSR count). The molecule has 0 radical (unpaired) electrons. The van der Waals surface area contributed by atoms with Gasteiger partial charge in [0.1, 0.15) is 0 Å². The average Bonchev–Trinajstić information content (AvgIpc) is 2.31. The molecule has 0 saturated heterocycles. The molecule has 17 heavy (non-hydrogen) atoms. The van der Waals surface area contributed by atoms with E-state index in [2.05, 4.69) is 27.7 Å². The standard InChI is InChI=1S/C16H34O/c1-5-7-10-16(6-2)13-15(4)12-14(3)9-8-11-17/h14-17H,5-13H2,1-4H3. The van der Waals surface area contributed by atoms with E-state index in [1.54, 1.807) is 0 Å². The summed E-state index contributed by atoms with van der Waals surface area (Å²) in [5, 5.41) is 8.83. The minimum Gasteiger partial charge on any atom is -0.396 e. The van der Waals surface area contributed by atoms with Crippen LogP contribution < -0.4 is 0 Å². The third-order valence-electron chi connectivity index (χ3n) is 3.94. The van der Waals surface area contributed by atoms with Crippen LogP contribution in [0, 0.1) is 17.8 Å². The molecule has 0 aliphatic carbocycles. The Labute approximate surface area is 109 Å². The lowest BCUT2D eigenvalue weighted by molar-refractivity contribution is 0.256. The molecule has 0 spiro atoms. The van der Waals surface area contributed by atoms with Gasteiger partial charge >= 0.3 is 0 Å². The first kappa shape index (κ1) is 17.0. The Morgan fingerprint density at radius 2 is 1.59 bits per heavy atom. The van der Waals surface area contributed by atoms with Crippen molar-refractivity contribution in [3.05, 3.63) is 0 Å². The van der Waals surface area contributed by atoms with Crippen molar-refractivity contribution in [3.8, 4) is 0 Å². The Bertz CT molecular complexity index is 156. The van der Waals surface area contributed by atoms with E-state index in [0.29, 0.717) is 6.61 Å². The van der Waals surface area contributed by atoms with Crippen molar-refractivity contribution in [3.63, 3.8) is 0 Å². The smallest absolute Gasteiger partial charge is 0.0431 e. The van der Waals surface area contributed by atoms with Gasteiger partial charge in [0.2, 0.25) is 0 Å². The van der Waals surface area contributed by atoms with Crippen LogP contribution in [0.3, 0.4) is 0 Å². The number of aliphatic hydroxyl groups is 1. The van der Waals surface area contributed by atoms with Crippen LogP contribution in [0.25, 0.3) is 0 Å². The van der Waals surface area contributed by atoms with E-state index in [-0.39, 0.29) is 0 Å². The monoisotopic (exact) mass is 242 g/mol. The molecule has 1 heteroatoms. The zero-order chi connectivity index (χ0) is 13.1. The molecular weight excluding hydrogens is 208 g/mol. The van der Waals surface area contributed by atoms with Gasteiger partial charge in [-0.25, -0.2) is 0 Å². The fraction of sp³-hybridized carbons (Fsp3) is 1.00. The summed E-state index contributed by atoms with van der Waals surface area (Å²) in [5.74, 6) is 2.57. The van der Waals surface area contributed by atoms with Gasteiger partial charge in [0.25, 0.3) is 0 Å². The van der Waals surface area contributed by atoms with Gasteiger partial charge in [-0.2, -0.15) is 0 Å². The lowest BCUT2D eigenvalue weighted by Gasteiger charge is -2.22. The Morgan fingerprint density at radius 3 is 2.12 bits per heavy atom. The van der Waals surface area contributed by atoms with E-state index in [0.717, 1.165) is 24.2 Å². The van der Waals surface area contributed by atoms with Crippen LogP contribution in [0.5, 0.6) is 0 Å². The van der Waals surface area contributed by atoms with Gasteiger partial charge < -0.3 is 5.11 Å². The van der Waals surface area contributed by atoms with Crippen molar-refractivity contribution in [2.45, 2.75) is 79.1 Å². The van der Waals surface area contributed by atoms with Crippen molar-refractivity contribution in [2.24, 2.45) is 17.8 Å². The molecular formula is C16H34O. The SMILES string of the molecule is CCCCC(CC)CC(C)CC(C)CCCO. The summed E-state index contributed by atoms with van der Waals surface area (Å²) < 4.78 is 0. The van der Waals surface area contributed by atoms with Gasteiger partial charge in [-0.3, -0.25) is 0 Å². The minimum absolute atomic E-state index is 0.354. The fourth-order valence-corrected chi connectivity index (χ4v) is 2.89. The van der Waals surface area contributed by atoms with Crippen LogP contribution >= 0.6 is 0 Å². The summed E-state index contributed by atoms with van der Waals surface area (Å²) in [6.07, 6.45) is 10.4. The Balaban J connectivity index is 3.76. The summed E-state index contributed by atoms with van der Waals surface area (Å²) in [5.41, 5.74) is 0. The van der Waals surface area contributed by atoms with Crippen molar-refractivity contribution >= 4 is 0 Å². The molecule has 0 aliphatic heterocycles. The van der Waals surface area contributed by atoms with Gasteiger partial charge in [0.15, 0.2) is 0 Å². The summed E-state index contributed by atoms with van der Waals surface area (Å²) in [7, 11) is 0. The fourth-order valence-electron chi connectivity index (χ4n) is 2.89. The van der Waals surface area contributed by atoms with Gasteiger partial charge in [-0.15, -0.1) is 0 Å². The van der Waals surface area contributed by atoms with Crippen molar-refractivity contribution in [2.75, 3.05) is 6.61 Å². The highest BCUT2D eigenvalue weighted by Gasteiger charge is 2.14. The van der Waals surface area contributed by atoms with Crippen molar-refractivity contribution in [1.29, 1.82) is 0 Å². The molecule has 0 saturated carbocycles. The molecule has 3 atom stereocenters. The van der Waals surface area contributed by atoms with Crippen LogP contribution in [0.1, 0.15) is 79.1 Å². The van der Waals surface area contributed by atoms with E-state index >= 15 is 0 Å². The second-order valence-corrected chi connectivity index (χ2v) is 5.96. The molecule has 0 heterocycles. The minimum atomic E-state index is 0.354. The van der Waals surface area contributed by atoms with E-state index in [1.165, 1.54) is 44.9 Å². The summed E-state index contributed by atoms with van der Waals surface area (Å²) in [6, 6.07) is 0. The molecule has 1 N–H and O–H groups in total. The van der Waals surface area contributed by atoms with E-state index < -0.39 is 0 Å². The second kappa shape index (κ2) is 11.1. The summed E-state index contributed by atoms with van der Waals surface area (Å²) in [6.45, 7) is 9.71. The lowest BCUT2D eigenvalue weighted by Crippen LogP contribution is -2.10.